The van der Waals surface area contributed by atoms with E-state index in [2.05, 4.69) is 5.32 Å². The van der Waals surface area contributed by atoms with Gasteiger partial charge in [0.15, 0.2) is 0 Å². The molecule has 1 aliphatic heterocycles. The van der Waals surface area contributed by atoms with Gasteiger partial charge in [-0.3, -0.25) is 0 Å². The molecule has 1 unspecified atom stereocenters. The zero-order valence-corrected chi connectivity index (χ0v) is 8.94. The molecular weight excluding hydrogens is 210 g/mol. The summed E-state index contributed by atoms with van der Waals surface area (Å²) in [5.41, 5.74) is 0. The summed E-state index contributed by atoms with van der Waals surface area (Å²) in [6.07, 6.45) is 5.65. The zero-order chi connectivity index (χ0) is 9.73. The maximum Gasteiger partial charge on any atom is 0.236 e. The van der Waals surface area contributed by atoms with Crippen LogP contribution in [0.15, 0.2) is 12.2 Å². The van der Waals surface area contributed by atoms with Gasteiger partial charge in [-0.05, 0) is 31.8 Å². The molecule has 0 aromatic heterocycles. The van der Waals surface area contributed by atoms with Crippen molar-refractivity contribution in [2.24, 2.45) is 5.92 Å². The molecule has 1 N–H and O–H groups in total. The van der Waals surface area contributed by atoms with Crippen molar-refractivity contribution in [3.63, 3.8) is 0 Å². The molecule has 0 aromatic carbocycles. The van der Waals surface area contributed by atoms with E-state index in [-0.39, 0.29) is 5.75 Å². The Morgan fingerprint density at radius 1 is 1.46 bits per heavy atom. The number of allylic oxidation sites excluding steroid dienone is 1. The van der Waals surface area contributed by atoms with Gasteiger partial charge in [0.1, 0.15) is 0 Å². The average Bonchev–Trinajstić information content (AvgIpc) is 2.48. The molecule has 0 bridgehead atoms. The Kier molecular flexibility index (Phi) is 4.22. The minimum absolute atomic E-state index is 0.0608. The molecule has 13 heavy (non-hydrogen) atoms. The second-order valence-electron chi connectivity index (χ2n) is 3.27. The lowest BCUT2D eigenvalue weighted by atomic mass is 10.1. The van der Waals surface area contributed by atoms with Crippen molar-refractivity contribution in [3.05, 3.63) is 12.2 Å². The van der Waals surface area contributed by atoms with Crippen molar-refractivity contribution in [2.45, 2.75) is 12.8 Å². The number of hydrogen-bond donors (Lipinski definition) is 1. The highest BCUT2D eigenvalue weighted by Crippen LogP contribution is 2.12. The lowest BCUT2D eigenvalue weighted by Gasteiger charge is -2.01. The normalized spacial score (nSPS) is 24.2. The van der Waals surface area contributed by atoms with Crippen molar-refractivity contribution >= 4 is 19.7 Å². The fraction of sp³-hybridized carbons (Fsp3) is 0.750. The lowest BCUT2D eigenvalue weighted by molar-refractivity contribution is 0.592. The highest BCUT2D eigenvalue weighted by Gasteiger charge is 2.11. The number of halogens is 1. The van der Waals surface area contributed by atoms with Crippen LogP contribution in [-0.4, -0.2) is 27.3 Å². The predicted octanol–water partition coefficient (Wildman–Crippen LogP) is 1.11. The molecule has 76 valence electrons. The standard InChI is InChI=1S/C8H14ClNO2S/c9-13(11,12)6-2-1-3-8-4-5-10-7-8/h1-2,8,10H,3-7H2/b2-1-. The average molecular weight is 224 g/mol. The largest absolute Gasteiger partial charge is 0.316 e. The smallest absolute Gasteiger partial charge is 0.236 e. The number of hydrogen-bond acceptors (Lipinski definition) is 3. The lowest BCUT2D eigenvalue weighted by Crippen LogP contribution is -2.08. The summed E-state index contributed by atoms with van der Waals surface area (Å²) >= 11 is 0. The van der Waals surface area contributed by atoms with E-state index in [0.29, 0.717) is 5.92 Å². The van der Waals surface area contributed by atoms with Crippen LogP contribution in [0.1, 0.15) is 12.8 Å². The van der Waals surface area contributed by atoms with Gasteiger partial charge in [0.2, 0.25) is 9.05 Å². The summed E-state index contributed by atoms with van der Waals surface area (Å²) in [4.78, 5) is 0. The molecule has 0 aliphatic carbocycles. The summed E-state index contributed by atoms with van der Waals surface area (Å²) in [6.45, 7) is 2.12. The Balaban J connectivity index is 2.18. The van der Waals surface area contributed by atoms with E-state index >= 15 is 0 Å². The topological polar surface area (TPSA) is 46.2 Å². The summed E-state index contributed by atoms with van der Waals surface area (Å²) < 4.78 is 21.1. The summed E-state index contributed by atoms with van der Waals surface area (Å²) in [5.74, 6) is 0.601. The number of nitrogens with one attached hydrogen (secondary N) is 1. The fourth-order valence-electron chi connectivity index (χ4n) is 1.39. The molecule has 1 aliphatic rings. The van der Waals surface area contributed by atoms with Gasteiger partial charge in [0.25, 0.3) is 0 Å². The van der Waals surface area contributed by atoms with E-state index < -0.39 is 9.05 Å². The van der Waals surface area contributed by atoms with Crippen molar-refractivity contribution < 1.29 is 8.42 Å². The highest BCUT2D eigenvalue weighted by atomic mass is 35.7. The molecule has 1 saturated heterocycles. The van der Waals surface area contributed by atoms with Crippen LogP contribution in [0, 0.1) is 5.92 Å². The first-order chi connectivity index (χ1) is 6.08. The Labute approximate surface area is 83.6 Å². The minimum atomic E-state index is -3.35. The third kappa shape index (κ3) is 5.29. The third-order valence-electron chi connectivity index (χ3n) is 2.09. The molecular formula is C8H14ClNO2S. The van der Waals surface area contributed by atoms with Gasteiger partial charge in [-0.1, -0.05) is 12.2 Å². The van der Waals surface area contributed by atoms with Gasteiger partial charge in [-0.2, -0.15) is 0 Å². The first-order valence-electron chi connectivity index (χ1n) is 4.36. The molecule has 0 aromatic rings. The first kappa shape index (κ1) is 11.0. The summed E-state index contributed by atoms with van der Waals surface area (Å²) in [6, 6.07) is 0. The van der Waals surface area contributed by atoms with Crippen molar-refractivity contribution in [2.75, 3.05) is 18.8 Å². The molecule has 5 heteroatoms. The minimum Gasteiger partial charge on any atom is -0.316 e. The number of rotatable bonds is 4. The second-order valence-corrected chi connectivity index (χ2v) is 6.09. The maximum absolute atomic E-state index is 10.5. The van der Waals surface area contributed by atoms with Gasteiger partial charge in [-0.25, -0.2) is 8.42 Å². The summed E-state index contributed by atoms with van der Waals surface area (Å²) in [5, 5.41) is 3.25. The van der Waals surface area contributed by atoms with Gasteiger partial charge >= 0.3 is 0 Å². The molecule has 1 fully saturated rings. The van der Waals surface area contributed by atoms with Crippen molar-refractivity contribution in [1.82, 2.24) is 5.32 Å². The Bertz CT molecular complexity index is 268. The van der Waals surface area contributed by atoms with Gasteiger partial charge < -0.3 is 5.32 Å². The first-order valence-corrected chi connectivity index (χ1v) is 6.84. The molecule has 0 radical (unpaired) electrons. The van der Waals surface area contributed by atoms with Crippen LogP contribution < -0.4 is 5.32 Å². The molecule has 1 rings (SSSR count). The highest BCUT2D eigenvalue weighted by molar-refractivity contribution is 8.13. The molecule has 3 nitrogen and oxygen atoms in total. The van der Waals surface area contributed by atoms with E-state index in [1.807, 2.05) is 6.08 Å². The van der Waals surface area contributed by atoms with E-state index in [1.54, 1.807) is 6.08 Å². The van der Waals surface area contributed by atoms with Crippen molar-refractivity contribution in [3.8, 4) is 0 Å². The van der Waals surface area contributed by atoms with E-state index in [1.165, 1.54) is 6.42 Å². The van der Waals surface area contributed by atoms with Crippen LogP contribution in [0.25, 0.3) is 0 Å². The maximum atomic E-state index is 10.5. The fourth-order valence-corrected chi connectivity index (χ4v) is 1.97. The van der Waals surface area contributed by atoms with E-state index in [4.69, 9.17) is 10.7 Å². The molecule has 1 heterocycles. The predicted molar refractivity (Wildman–Crippen MR) is 54.4 cm³/mol. The van der Waals surface area contributed by atoms with Gasteiger partial charge in [0.05, 0.1) is 5.75 Å². The summed E-state index contributed by atoms with van der Waals surface area (Å²) in [7, 11) is 1.69. The Morgan fingerprint density at radius 3 is 2.77 bits per heavy atom. The van der Waals surface area contributed by atoms with Crippen LogP contribution in [0.2, 0.25) is 0 Å². The van der Waals surface area contributed by atoms with E-state index in [9.17, 15) is 8.42 Å². The van der Waals surface area contributed by atoms with Gasteiger partial charge in [0, 0.05) is 10.7 Å². The van der Waals surface area contributed by atoms with Crippen LogP contribution in [-0.2, 0) is 9.05 Å². The van der Waals surface area contributed by atoms with Crippen LogP contribution in [0.3, 0.4) is 0 Å². The molecule has 0 spiro atoms. The third-order valence-corrected chi connectivity index (χ3v) is 3.06. The molecule has 1 atom stereocenters. The monoisotopic (exact) mass is 223 g/mol. The van der Waals surface area contributed by atoms with Gasteiger partial charge in [-0.15, -0.1) is 0 Å². The van der Waals surface area contributed by atoms with E-state index in [0.717, 1.165) is 19.5 Å². The van der Waals surface area contributed by atoms with Crippen LogP contribution in [0.5, 0.6) is 0 Å². The Morgan fingerprint density at radius 2 is 2.23 bits per heavy atom. The second kappa shape index (κ2) is 4.98. The van der Waals surface area contributed by atoms with Crippen molar-refractivity contribution in [1.29, 1.82) is 0 Å². The Hall–Kier alpha value is -0.0600. The van der Waals surface area contributed by atoms with Crippen LogP contribution >= 0.6 is 10.7 Å². The quantitative estimate of drug-likeness (QED) is 0.574. The zero-order valence-electron chi connectivity index (χ0n) is 7.37. The molecule has 0 amide bonds. The SMILES string of the molecule is O=S(=O)(Cl)C/C=C\CC1CCNC1. The van der Waals surface area contributed by atoms with Crippen LogP contribution in [0.4, 0.5) is 0 Å². The molecule has 0 saturated carbocycles.